The predicted molar refractivity (Wildman–Crippen MR) is 74.3 cm³/mol. The van der Waals surface area contributed by atoms with Crippen LogP contribution >= 0.6 is 0 Å². The molecule has 0 aromatic heterocycles. The van der Waals surface area contributed by atoms with Crippen LogP contribution in [-0.2, 0) is 0 Å². The molecule has 0 N–H and O–H groups in total. The molecule has 0 rings (SSSR count). The second kappa shape index (κ2) is 14.6. The van der Waals surface area contributed by atoms with Crippen molar-refractivity contribution >= 4 is 17.4 Å². The Morgan fingerprint density at radius 2 is 0.933 bits per heavy atom. The minimum absolute atomic E-state index is 0.0568. The van der Waals surface area contributed by atoms with Crippen molar-refractivity contribution in [3.63, 3.8) is 0 Å². The zero-order valence-electron chi connectivity index (χ0n) is 11.2. The van der Waals surface area contributed by atoms with E-state index in [4.69, 9.17) is 0 Å². The van der Waals surface area contributed by atoms with Gasteiger partial charge in [-0.25, -0.2) is 0 Å². The molecule has 15 heavy (non-hydrogen) atoms. The van der Waals surface area contributed by atoms with Crippen LogP contribution in [0, 0.1) is 0 Å². The first-order valence-corrected chi connectivity index (χ1v) is 11.6. The van der Waals surface area contributed by atoms with Crippen LogP contribution in [0.3, 0.4) is 0 Å². The first kappa shape index (κ1) is 15.6. The molecule has 0 saturated heterocycles. The summed E-state index contributed by atoms with van der Waals surface area (Å²) in [7, 11) is 0. The number of hydrogen-bond acceptors (Lipinski definition) is 0. The van der Waals surface area contributed by atoms with Crippen molar-refractivity contribution in [3.8, 4) is 0 Å². The molecule has 0 fully saturated rings. The Morgan fingerprint density at radius 3 is 1.33 bits per heavy atom. The standard InChI is InChI=1S/2C7H15.Ga.H/c2*1-3-5-7-6-4-2;;/h2*1,3-7H2,2H3;;. The van der Waals surface area contributed by atoms with Crippen LogP contribution in [0.4, 0.5) is 0 Å². The molecule has 0 saturated carbocycles. The Bertz CT molecular complexity index is 89.5. The van der Waals surface area contributed by atoms with Gasteiger partial charge in [0.25, 0.3) is 0 Å². The molecule has 0 heterocycles. The number of unbranched alkanes of at least 4 members (excludes halogenated alkanes) is 8. The van der Waals surface area contributed by atoms with Gasteiger partial charge in [-0.2, -0.15) is 0 Å². The molecule has 0 nitrogen and oxygen atoms in total. The summed E-state index contributed by atoms with van der Waals surface area (Å²) in [5.41, 5.74) is 0. The van der Waals surface area contributed by atoms with Gasteiger partial charge in [0.1, 0.15) is 0 Å². The number of rotatable bonds is 12. The maximum absolute atomic E-state index is 2.30. The minimum atomic E-state index is -0.0568. The third-order valence-corrected chi connectivity index (χ3v) is 7.40. The van der Waals surface area contributed by atoms with E-state index in [9.17, 15) is 0 Å². The third-order valence-electron chi connectivity index (χ3n) is 3.21. The Hall–Kier alpha value is 0.636. The van der Waals surface area contributed by atoms with E-state index in [1.807, 2.05) is 0 Å². The average molecular weight is 269 g/mol. The van der Waals surface area contributed by atoms with Crippen LogP contribution < -0.4 is 0 Å². The second-order valence-corrected chi connectivity index (χ2v) is 9.34. The van der Waals surface area contributed by atoms with Gasteiger partial charge in [-0.3, -0.25) is 0 Å². The van der Waals surface area contributed by atoms with Crippen molar-refractivity contribution in [1.82, 2.24) is 0 Å². The fourth-order valence-corrected chi connectivity index (χ4v) is 5.80. The fraction of sp³-hybridized carbons (Fsp3) is 1.00. The van der Waals surface area contributed by atoms with Crippen molar-refractivity contribution in [2.45, 2.75) is 88.0 Å². The van der Waals surface area contributed by atoms with E-state index in [-0.39, 0.29) is 17.4 Å². The van der Waals surface area contributed by atoms with Crippen LogP contribution in [0.15, 0.2) is 0 Å². The summed E-state index contributed by atoms with van der Waals surface area (Å²) in [5, 5.41) is 0. The summed E-state index contributed by atoms with van der Waals surface area (Å²) < 4.78 is 0. The molecule has 90 valence electrons. The first-order chi connectivity index (χ1) is 7.41. The van der Waals surface area contributed by atoms with E-state index in [1.54, 1.807) is 22.8 Å². The van der Waals surface area contributed by atoms with Gasteiger partial charge in [0, 0.05) is 0 Å². The van der Waals surface area contributed by atoms with E-state index in [2.05, 4.69) is 13.8 Å². The maximum atomic E-state index is 2.30. The van der Waals surface area contributed by atoms with Crippen LogP contribution in [0.1, 0.15) is 78.1 Å². The molecule has 0 radical (unpaired) electrons. The first-order valence-electron chi connectivity index (χ1n) is 7.41. The molecule has 0 atom stereocenters. The van der Waals surface area contributed by atoms with E-state index >= 15 is 0 Å². The Kier molecular flexibility index (Phi) is 15.3. The van der Waals surface area contributed by atoms with Crippen molar-refractivity contribution in [2.24, 2.45) is 0 Å². The number of hydrogen-bond donors (Lipinski definition) is 0. The molecule has 0 aliphatic rings. The molecule has 0 aromatic rings. The monoisotopic (exact) mass is 268 g/mol. The quantitative estimate of drug-likeness (QED) is 0.337. The Balaban J connectivity index is 2.81. The Morgan fingerprint density at radius 1 is 0.533 bits per heavy atom. The zero-order valence-corrected chi connectivity index (χ0v) is 14.2. The van der Waals surface area contributed by atoms with Crippen molar-refractivity contribution in [1.29, 1.82) is 0 Å². The molecule has 0 amide bonds. The molecule has 1 heteroatoms. The van der Waals surface area contributed by atoms with Gasteiger partial charge < -0.3 is 0 Å². The van der Waals surface area contributed by atoms with Gasteiger partial charge in [-0.05, 0) is 0 Å². The molecule has 0 unspecified atom stereocenters. The Labute approximate surface area is 105 Å². The van der Waals surface area contributed by atoms with Gasteiger partial charge in [0.2, 0.25) is 0 Å². The van der Waals surface area contributed by atoms with Crippen molar-refractivity contribution in [3.05, 3.63) is 0 Å². The van der Waals surface area contributed by atoms with Crippen LogP contribution in [0.5, 0.6) is 0 Å². The zero-order chi connectivity index (χ0) is 11.2. The molecule has 0 aromatic carbocycles. The summed E-state index contributed by atoms with van der Waals surface area (Å²) in [4.78, 5) is 3.34. The van der Waals surface area contributed by atoms with E-state index in [0.717, 1.165) is 0 Å². The van der Waals surface area contributed by atoms with Crippen LogP contribution in [0.2, 0.25) is 9.95 Å². The third kappa shape index (κ3) is 14.6. The SMILES string of the molecule is CCCCCC[CH2][GaH][CH2]CCCCCC. The summed E-state index contributed by atoms with van der Waals surface area (Å²) in [6, 6.07) is 0. The van der Waals surface area contributed by atoms with Gasteiger partial charge in [-0.15, -0.1) is 0 Å². The topological polar surface area (TPSA) is 0 Å². The van der Waals surface area contributed by atoms with E-state index < -0.39 is 0 Å². The molecule has 0 spiro atoms. The molecule has 0 bridgehead atoms. The van der Waals surface area contributed by atoms with Crippen LogP contribution in [0.25, 0.3) is 0 Å². The summed E-state index contributed by atoms with van der Waals surface area (Å²) >= 11 is -0.0568. The van der Waals surface area contributed by atoms with Gasteiger partial charge in [-0.1, -0.05) is 0 Å². The van der Waals surface area contributed by atoms with Gasteiger partial charge in [0.05, 0.1) is 0 Å². The summed E-state index contributed by atoms with van der Waals surface area (Å²) in [5.74, 6) is 0. The van der Waals surface area contributed by atoms with Gasteiger partial charge >= 0.3 is 105 Å². The van der Waals surface area contributed by atoms with Gasteiger partial charge in [0.15, 0.2) is 0 Å². The van der Waals surface area contributed by atoms with E-state index in [1.165, 1.54) is 51.4 Å². The summed E-state index contributed by atoms with van der Waals surface area (Å²) in [6.07, 6.45) is 14.9. The fourth-order valence-electron chi connectivity index (χ4n) is 2.09. The molecule has 0 aliphatic heterocycles. The molecular formula is C14H31Ga. The van der Waals surface area contributed by atoms with Crippen molar-refractivity contribution in [2.75, 3.05) is 0 Å². The van der Waals surface area contributed by atoms with E-state index in [0.29, 0.717) is 0 Å². The van der Waals surface area contributed by atoms with Crippen molar-refractivity contribution < 1.29 is 0 Å². The molecular weight excluding hydrogens is 238 g/mol. The van der Waals surface area contributed by atoms with Crippen LogP contribution in [-0.4, -0.2) is 17.4 Å². The average Bonchev–Trinajstić information content (AvgIpc) is 2.26. The second-order valence-electron chi connectivity index (χ2n) is 4.89. The summed E-state index contributed by atoms with van der Waals surface area (Å²) in [6.45, 7) is 4.60. The normalized spacial score (nSPS) is 10.5. The predicted octanol–water partition coefficient (Wildman–Crippen LogP) is 5.20. The molecule has 0 aliphatic carbocycles.